The molecule has 1 aliphatic rings. The van der Waals surface area contributed by atoms with Gasteiger partial charge >= 0.3 is 0 Å². The predicted molar refractivity (Wildman–Crippen MR) is 72.9 cm³/mol. The van der Waals surface area contributed by atoms with Crippen LogP contribution in [0, 0.1) is 0 Å². The van der Waals surface area contributed by atoms with Gasteiger partial charge in [-0.3, -0.25) is 4.99 Å². The van der Waals surface area contributed by atoms with Gasteiger partial charge in [-0.05, 0) is 11.6 Å². The molecule has 2 rings (SSSR count). The Bertz CT molecular complexity index is 351. The quantitative estimate of drug-likeness (QED) is 0.728. The van der Waals surface area contributed by atoms with E-state index in [1.165, 1.54) is 11.3 Å². The zero-order chi connectivity index (χ0) is 13.3. The molecule has 1 atom stereocenters. The lowest BCUT2D eigenvalue weighted by atomic mass is 10.0. The Morgan fingerprint density at radius 3 is 2.24 bits per heavy atom. The van der Waals surface area contributed by atoms with Gasteiger partial charge in [-0.1, -0.05) is 25.1 Å². The monoisotopic (exact) mass is 238 g/mol. The minimum atomic E-state index is 0.422. The molecule has 0 amide bonds. The number of hydrogen-bond acceptors (Lipinski definition) is 3. The number of methoxy groups -OCH3 is 1. The summed E-state index contributed by atoms with van der Waals surface area (Å²) in [7, 11) is 6.07. The van der Waals surface area contributed by atoms with Gasteiger partial charge < -0.3 is 15.2 Å². The third-order valence-corrected chi connectivity index (χ3v) is 2.34. The average Bonchev–Trinajstić information content (AvgIpc) is 2.70. The van der Waals surface area contributed by atoms with Gasteiger partial charge in [0.25, 0.3) is 0 Å². The van der Waals surface area contributed by atoms with Crippen LogP contribution in [0.1, 0.15) is 18.4 Å². The molecule has 0 saturated carbocycles. The minimum Gasteiger partial charge on any atom is -0.400 e. The molecule has 0 radical (unpaired) electrons. The van der Waals surface area contributed by atoms with Crippen LogP contribution in [0.3, 0.4) is 0 Å². The van der Waals surface area contributed by atoms with Gasteiger partial charge in [-0.25, -0.2) is 0 Å². The van der Waals surface area contributed by atoms with Gasteiger partial charge in [0.2, 0.25) is 0 Å². The van der Waals surface area contributed by atoms with Crippen LogP contribution in [0.25, 0.3) is 0 Å². The van der Waals surface area contributed by atoms with E-state index in [1.54, 1.807) is 14.2 Å². The van der Waals surface area contributed by atoms with Gasteiger partial charge in [0.15, 0.2) is 0 Å². The van der Waals surface area contributed by atoms with Crippen molar-refractivity contribution >= 4 is 11.5 Å². The number of ether oxygens (including phenoxy) is 1. The summed E-state index contributed by atoms with van der Waals surface area (Å²) in [6.07, 6.45) is 0. The molecule has 1 aromatic carbocycles. The van der Waals surface area contributed by atoms with E-state index in [0.717, 1.165) is 12.9 Å². The molecular weight excluding hydrogens is 216 g/mol. The van der Waals surface area contributed by atoms with Crippen LogP contribution >= 0.6 is 0 Å². The molecule has 0 saturated heterocycles. The summed E-state index contributed by atoms with van der Waals surface area (Å²) in [5.74, 6) is 1.49. The molecule has 1 aromatic rings. The van der Waals surface area contributed by atoms with Crippen molar-refractivity contribution in [2.45, 2.75) is 12.8 Å². The van der Waals surface area contributed by atoms with Crippen LogP contribution in [0.15, 0.2) is 29.3 Å². The van der Waals surface area contributed by atoms with Crippen molar-refractivity contribution in [3.63, 3.8) is 0 Å². The Hall–Kier alpha value is -1.39. The van der Waals surface area contributed by atoms with E-state index < -0.39 is 0 Å². The summed E-state index contributed by atoms with van der Waals surface area (Å²) >= 11 is 0. The summed E-state index contributed by atoms with van der Waals surface area (Å²) < 4.78 is 4.25. The summed E-state index contributed by atoms with van der Waals surface area (Å²) in [6.45, 7) is 2.17. The van der Waals surface area contributed by atoms with Crippen molar-refractivity contribution in [1.82, 2.24) is 0 Å². The fourth-order valence-electron chi connectivity index (χ4n) is 1.63. The first-order valence-electron chi connectivity index (χ1n) is 5.42. The van der Waals surface area contributed by atoms with Crippen LogP contribution in [0.4, 0.5) is 5.69 Å². The van der Waals surface area contributed by atoms with E-state index in [2.05, 4.69) is 40.2 Å². The van der Waals surface area contributed by atoms with E-state index in [-0.39, 0.29) is 0 Å². The van der Waals surface area contributed by atoms with E-state index in [9.17, 15) is 0 Å². The molecule has 4 heteroatoms. The maximum atomic E-state index is 7.00. The zero-order valence-electron chi connectivity index (χ0n) is 11.2. The summed E-state index contributed by atoms with van der Waals surface area (Å²) in [5, 5.41) is 10.3. The van der Waals surface area contributed by atoms with Gasteiger partial charge in [-0.15, -0.1) is 0 Å². The first-order chi connectivity index (χ1) is 8.24. The molecule has 1 aliphatic heterocycles. The summed E-state index contributed by atoms with van der Waals surface area (Å²) in [5.41, 5.74) is 2.55. The Balaban J connectivity index is 0.000000450. The predicted octanol–water partition coefficient (Wildman–Crippen LogP) is 2.12. The second kappa shape index (κ2) is 8.73. The number of amidine groups is 1. The Kier molecular flexibility index (Phi) is 8.01. The summed E-state index contributed by atoms with van der Waals surface area (Å²) in [6, 6.07) is 8.34. The number of fused-ring (bicyclic) bond motifs is 1. The van der Waals surface area contributed by atoms with Crippen LogP contribution in [-0.2, 0) is 4.74 Å². The lowest BCUT2D eigenvalue weighted by molar-refractivity contribution is 0.277. The average molecular weight is 238 g/mol. The number of nitrogens with zero attached hydrogens (tertiary/aromatic N) is 1. The number of rotatable bonds is 0. The molecule has 0 spiro atoms. The molecule has 0 fully saturated rings. The fraction of sp³-hybridized carbons (Fsp3) is 0.462. The fourth-order valence-corrected chi connectivity index (χ4v) is 1.63. The van der Waals surface area contributed by atoms with Gasteiger partial charge in [0, 0.05) is 40.0 Å². The number of aliphatic imine (C=N–C) groups is 1. The highest BCUT2D eigenvalue weighted by atomic mass is 16.4. The van der Waals surface area contributed by atoms with Crippen LogP contribution < -0.4 is 5.32 Å². The van der Waals surface area contributed by atoms with Crippen LogP contribution in [0.2, 0.25) is 0 Å². The molecule has 2 N–H and O–H groups in total. The topological polar surface area (TPSA) is 53.9 Å². The molecule has 4 nitrogen and oxygen atoms in total. The highest BCUT2D eigenvalue weighted by Crippen LogP contribution is 2.31. The first-order valence-corrected chi connectivity index (χ1v) is 5.42. The molecule has 96 valence electrons. The number of benzene rings is 1. The van der Waals surface area contributed by atoms with E-state index >= 15 is 0 Å². The van der Waals surface area contributed by atoms with Gasteiger partial charge in [0.05, 0.1) is 0 Å². The van der Waals surface area contributed by atoms with E-state index in [0.29, 0.717) is 5.92 Å². The third-order valence-electron chi connectivity index (χ3n) is 2.34. The number of para-hydroxylation sites is 1. The zero-order valence-corrected chi connectivity index (χ0v) is 11.2. The molecule has 0 aliphatic carbocycles. The van der Waals surface area contributed by atoms with Gasteiger partial charge in [-0.2, -0.15) is 0 Å². The maximum absolute atomic E-state index is 7.00. The Morgan fingerprint density at radius 2 is 1.76 bits per heavy atom. The minimum absolute atomic E-state index is 0.422. The van der Waals surface area contributed by atoms with Crippen LogP contribution in [-0.4, -0.2) is 39.3 Å². The van der Waals surface area contributed by atoms with Crippen molar-refractivity contribution in [2.75, 3.05) is 33.7 Å². The second-order valence-corrected chi connectivity index (χ2v) is 3.45. The number of aliphatic hydroxyl groups is 1. The number of anilines is 1. The summed E-state index contributed by atoms with van der Waals surface area (Å²) in [4.78, 5) is 4.19. The number of aliphatic hydroxyl groups excluding tert-OH is 1. The number of hydrogen-bond donors (Lipinski definition) is 2. The lowest BCUT2D eigenvalue weighted by Crippen LogP contribution is -2.09. The first kappa shape index (κ1) is 15.6. The number of nitrogens with one attached hydrogen (secondary N) is 1. The molecule has 17 heavy (non-hydrogen) atoms. The SMILES string of the molecule is CN=C1Nc2ccccc2C1C.CO.COC. The second-order valence-electron chi connectivity index (χ2n) is 3.45. The van der Waals surface area contributed by atoms with Crippen molar-refractivity contribution in [3.8, 4) is 0 Å². The molecule has 1 heterocycles. The van der Waals surface area contributed by atoms with Crippen LogP contribution in [0.5, 0.6) is 0 Å². The molecular formula is C13H22N2O2. The highest BCUT2D eigenvalue weighted by molar-refractivity contribution is 6.06. The van der Waals surface area contributed by atoms with Gasteiger partial charge in [0.1, 0.15) is 5.84 Å². The normalized spacial score (nSPS) is 18.2. The highest BCUT2D eigenvalue weighted by Gasteiger charge is 2.22. The standard InChI is InChI=1S/C10H12N2.C2H6O.CH4O/c1-7-8-5-3-4-6-9(8)12-10(7)11-2;1-3-2;1-2/h3-7H,1-2H3,(H,11,12);1-2H3;2H,1H3. The lowest BCUT2D eigenvalue weighted by Gasteiger charge is -2.01. The Labute approximate surface area is 103 Å². The maximum Gasteiger partial charge on any atom is 0.108 e. The van der Waals surface area contributed by atoms with Crippen molar-refractivity contribution in [2.24, 2.45) is 4.99 Å². The van der Waals surface area contributed by atoms with Crippen molar-refractivity contribution in [1.29, 1.82) is 0 Å². The third kappa shape index (κ3) is 4.17. The smallest absolute Gasteiger partial charge is 0.108 e. The molecule has 1 unspecified atom stereocenters. The Morgan fingerprint density at radius 1 is 1.24 bits per heavy atom. The van der Waals surface area contributed by atoms with E-state index in [4.69, 9.17) is 5.11 Å². The molecule has 0 aromatic heterocycles. The molecule has 0 bridgehead atoms. The van der Waals surface area contributed by atoms with Crippen molar-refractivity contribution < 1.29 is 9.84 Å². The largest absolute Gasteiger partial charge is 0.400 e. The van der Waals surface area contributed by atoms with E-state index in [1.807, 2.05) is 13.1 Å². The van der Waals surface area contributed by atoms with Crippen molar-refractivity contribution in [3.05, 3.63) is 29.8 Å².